The minimum atomic E-state index is -0.576. The molecule has 1 unspecified atom stereocenters. The molecule has 18 heavy (non-hydrogen) atoms. The highest BCUT2D eigenvalue weighted by atomic mass is 19.1. The molecule has 0 saturated carbocycles. The molecule has 0 saturated heterocycles. The summed E-state index contributed by atoms with van der Waals surface area (Å²) < 4.78 is 13.2. The molecule has 0 fully saturated rings. The van der Waals surface area contributed by atoms with E-state index in [4.69, 9.17) is 0 Å². The Morgan fingerprint density at radius 1 is 1.44 bits per heavy atom. The van der Waals surface area contributed by atoms with Crippen molar-refractivity contribution in [2.24, 2.45) is 0 Å². The number of nitrogens with one attached hydrogen (secondary N) is 1. The van der Waals surface area contributed by atoms with E-state index in [0.717, 1.165) is 25.3 Å². The molecule has 0 aliphatic carbocycles. The molecular formula is C13H19FN2O2. The van der Waals surface area contributed by atoms with E-state index < -0.39 is 10.7 Å². The number of halogens is 1. The Bertz CT molecular complexity index is 410. The van der Waals surface area contributed by atoms with E-state index in [1.807, 2.05) is 0 Å². The number of non-ortho nitro benzene ring substituents is 1. The van der Waals surface area contributed by atoms with Gasteiger partial charge in [0.25, 0.3) is 5.69 Å². The lowest BCUT2D eigenvalue weighted by atomic mass is 10.1. The summed E-state index contributed by atoms with van der Waals surface area (Å²) in [4.78, 5) is 10.0. The molecule has 0 bridgehead atoms. The van der Waals surface area contributed by atoms with Crippen LogP contribution in [-0.2, 0) is 6.54 Å². The first-order valence-corrected chi connectivity index (χ1v) is 6.20. The van der Waals surface area contributed by atoms with Crippen molar-refractivity contribution in [1.82, 2.24) is 5.32 Å². The molecule has 0 aromatic heterocycles. The second-order valence-corrected chi connectivity index (χ2v) is 4.50. The smallest absolute Gasteiger partial charge is 0.272 e. The van der Waals surface area contributed by atoms with E-state index >= 15 is 0 Å². The van der Waals surface area contributed by atoms with Crippen LogP contribution < -0.4 is 5.32 Å². The number of nitrogens with zero attached hydrogens (tertiary/aromatic N) is 1. The molecule has 1 aromatic carbocycles. The third kappa shape index (κ3) is 4.79. The molecule has 0 spiro atoms. The fourth-order valence-corrected chi connectivity index (χ4v) is 1.75. The second-order valence-electron chi connectivity index (χ2n) is 4.50. The van der Waals surface area contributed by atoms with Crippen LogP contribution in [-0.4, -0.2) is 11.0 Å². The zero-order valence-electron chi connectivity index (χ0n) is 10.8. The zero-order chi connectivity index (χ0) is 13.5. The van der Waals surface area contributed by atoms with Crippen LogP contribution in [0.15, 0.2) is 18.2 Å². The van der Waals surface area contributed by atoms with Crippen LogP contribution in [0.25, 0.3) is 0 Å². The Morgan fingerprint density at radius 3 is 2.78 bits per heavy atom. The number of benzene rings is 1. The van der Waals surface area contributed by atoms with Crippen molar-refractivity contribution in [3.8, 4) is 0 Å². The lowest BCUT2D eigenvalue weighted by Crippen LogP contribution is -2.25. The van der Waals surface area contributed by atoms with Crippen LogP contribution in [0.3, 0.4) is 0 Å². The maximum atomic E-state index is 13.2. The molecule has 1 rings (SSSR count). The molecular weight excluding hydrogens is 235 g/mol. The van der Waals surface area contributed by atoms with Gasteiger partial charge in [0.2, 0.25) is 0 Å². The largest absolute Gasteiger partial charge is 0.310 e. The van der Waals surface area contributed by atoms with Crippen molar-refractivity contribution in [3.63, 3.8) is 0 Å². The van der Waals surface area contributed by atoms with E-state index in [1.165, 1.54) is 12.1 Å². The number of hydrogen-bond acceptors (Lipinski definition) is 3. The molecule has 1 atom stereocenters. The molecule has 0 heterocycles. The topological polar surface area (TPSA) is 55.2 Å². The number of hydrogen-bond donors (Lipinski definition) is 1. The van der Waals surface area contributed by atoms with Gasteiger partial charge in [-0.15, -0.1) is 0 Å². The van der Waals surface area contributed by atoms with Gasteiger partial charge < -0.3 is 5.32 Å². The third-order valence-corrected chi connectivity index (χ3v) is 2.80. The quantitative estimate of drug-likeness (QED) is 0.599. The highest BCUT2D eigenvalue weighted by Crippen LogP contribution is 2.16. The van der Waals surface area contributed by atoms with E-state index in [0.29, 0.717) is 18.2 Å². The first-order chi connectivity index (χ1) is 8.52. The van der Waals surface area contributed by atoms with Crippen molar-refractivity contribution in [3.05, 3.63) is 39.7 Å². The van der Waals surface area contributed by atoms with Crippen LogP contribution in [0.1, 0.15) is 38.7 Å². The lowest BCUT2D eigenvalue weighted by Gasteiger charge is -2.13. The second kappa shape index (κ2) is 7.06. The van der Waals surface area contributed by atoms with Gasteiger partial charge >= 0.3 is 0 Å². The summed E-state index contributed by atoms with van der Waals surface area (Å²) >= 11 is 0. The van der Waals surface area contributed by atoms with Gasteiger partial charge in [0.1, 0.15) is 5.82 Å². The minimum Gasteiger partial charge on any atom is -0.310 e. The highest BCUT2D eigenvalue weighted by molar-refractivity contribution is 5.35. The molecule has 1 N–H and O–H groups in total. The van der Waals surface area contributed by atoms with Crippen LogP contribution in [0.2, 0.25) is 0 Å². The van der Waals surface area contributed by atoms with Crippen LogP contribution in [0.5, 0.6) is 0 Å². The van der Waals surface area contributed by atoms with Gasteiger partial charge in [0.15, 0.2) is 0 Å². The molecule has 0 radical (unpaired) electrons. The van der Waals surface area contributed by atoms with Gasteiger partial charge in [-0.1, -0.05) is 19.8 Å². The molecule has 0 aliphatic heterocycles. The van der Waals surface area contributed by atoms with Crippen LogP contribution in [0, 0.1) is 15.9 Å². The van der Waals surface area contributed by atoms with Gasteiger partial charge in [0.05, 0.1) is 11.0 Å². The maximum Gasteiger partial charge on any atom is 0.272 e. The summed E-state index contributed by atoms with van der Waals surface area (Å²) in [5.74, 6) is -0.567. The predicted octanol–water partition coefficient (Wildman–Crippen LogP) is 3.40. The Balaban J connectivity index is 2.59. The summed E-state index contributed by atoms with van der Waals surface area (Å²) in [7, 11) is 0. The number of unbranched alkanes of at least 4 members (excludes halogenated alkanes) is 1. The molecule has 5 heteroatoms. The van der Waals surface area contributed by atoms with Crippen LogP contribution >= 0.6 is 0 Å². The average Bonchev–Trinajstić information content (AvgIpc) is 2.33. The van der Waals surface area contributed by atoms with Crippen molar-refractivity contribution in [2.75, 3.05) is 0 Å². The van der Waals surface area contributed by atoms with Gasteiger partial charge in [-0.05, 0) is 25.0 Å². The van der Waals surface area contributed by atoms with E-state index in [2.05, 4.69) is 19.2 Å². The number of nitro groups is 1. The summed E-state index contributed by atoms with van der Waals surface area (Å²) in [5.41, 5.74) is 0.401. The number of rotatable bonds is 7. The minimum absolute atomic E-state index is 0.201. The Labute approximate surface area is 106 Å². The average molecular weight is 254 g/mol. The van der Waals surface area contributed by atoms with Gasteiger partial charge in [-0.2, -0.15) is 0 Å². The summed E-state index contributed by atoms with van der Waals surface area (Å²) in [6.45, 7) is 4.63. The van der Waals surface area contributed by atoms with Gasteiger partial charge in [-0.25, -0.2) is 4.39 Å². The Hall–Kier alpha value is -1.49. The zero-order valence-corrected chi connectivity index (χ0v) is 10.8. The van der Waals surface area contributed by atoms with Gasteiger partial charge in [-0.3, -0.25) is 10.1 Å². The monoisotopic (exact) mass is 254 g/mol. The molecule has 0 amide bonds. The fourth-order valence-electron chi connectivity index (χ4n) is 1.75. The van der Waals surface area contributed by atoms with E-state index in [1.54, 1.807) is 0 Å². The van der Waals surface area contributed by atoms with Crippen molar-refractivity contribution in [1.29, 1.82) is 0 Å². The standard InChI is InChI=1S/C13H19FN2O2/c1-3-4-5-10(2)15-9-11-6-12(14)8-13(7-11)16(17)18/h6-8,10,15H,3-5,9H2,1-2H3. The third-order valence-electron chi connectivity index (χ3n) is 2.80. The van der Waals surface area contributed by atoms with Crippen molar-refractivity contribution >= 4 is 5.69 Å². The van der Waals surface area contributed by atoms with Crippen molar-refractivity contribution in [2.45, 2.75) is 45.7 Å². The molecule has 1 aromatic rings. The number of nitro benzene ring substituents is 1. The lowest BCUT2D eigenvalue weighted by molar-refractivity contribution is -0.385. The Kier molecular flexibility index (Phi) is 5.71. The maximum absolute atomic E-state index is 13.2. The fraction of sp³-hybridized carbons (Fsp3) is 0.538. The predicted molar refractivity (Wildman–Crippen MR) is 68.9 cm³/mol. The molecule has 4 nitrogen and oxygen atoms in total. The SMILES string of the molecule is CCCCC(C)NCc1cc(F)cc([N+](=O)[O-])c1. The van der Waals surface area contributed by atoms with E-state index in [-0.39, 0.29) is 5.69 Å². The molecule has 0 aliphatic rings. The van der Waals surface area contributed by atoms with E-state index in [9.17, 15) is 14.5 Å². The molecule has 100 valence electrons. The van der Waals surface area contributed by atoms with Crippen LogP contribution in [0.4, 0.5) is 10.1 Å². The normalized spacial score (nSPS) is 12.4. The summed E-state index contributed by atoms with van der Waals surface area (Å²) in [5, 5.41) is 13.8. The first kappa shape index (κ1) is 14.6. The van der Waals surface area contributed by atoms with Crippen molar-refractivity contribution < 1.29 is 9.31 Å². The Morgan fingerprint density at radius 2 is 2.17 bits per heavy atom. The highest BCUT2D eigenvalue weighted by Gasteiger charge is 2.10. The van der Waals surface area contributed by atoms with Gasteiger partial charge in [0, 0.05) is 18.7 Å². The summed E-state index contributed by atoms with van der Waals surface area (Å²) in [6, 6.07) is 3.99. The summed E-state index contributed by atoms with van der Waals surface area (Å²) in [6.07, 6.45) is 3.32. The first-order valence-electron chi connectivity index (χ1n) is 6.20.